The van der Waals surface area contributed by atoms with E-state index >= 15 is 0 Å². The highest BCUT2D eigenvalue weighted by Crippen LogP contribution is 2.51. The third-order valence-electron chi connectivity index (χ3n) is 8.58. The lowest BCUT2D eigenvalue weighted by Gasteiger charge is -2.32. The minimum absolute atomic E-state index is 0.769. The Hall–Kier alpha value is -5.15. The second-order valence-corrected chi connectivity index (χ2v) is 14.6. The second-order valence-electron chi connectivity index (χ2n) is 11.3. The van der Waals surface area contributed by atoms with Gasteiger partial charge in [0, 0.05) is 16.8 Å². The number of nitrogens with zero attached hydrogens (tertiary/aromatic N) is 3. The van der Waals surface area contributed by atoms with E-state index in [0.29, 0.717) is 0 Å². The van der Waals surface area contributed by atoms with Gasteiger partial charge in [0.1, 0.15) is 5.82 Å². The van der Waals surface area contributed by atoms with E-state index < -0.39 is 7.92 Å². The fourth-order valence-corrected chi connectivity index (χ4v) is 9.94. The zero-order valence-corrected chi connectivity index (χ0v) is 26.6. The number of anilines is 3. The molecule has 0 spiro atoms. The van der Waals surface area contributed by atoms with E-state index in [9.17, 15) is 0 Å². The molecule has 0 fully saturated rings. The van der Waals surface area contributed by atoms with Crippen LogP contribution < -0.4 is 20.8 Å². The van der Waals surface area contributed by atoms with E-state index in [0.717, 1.165) is 33.4 Å². The summed E-state index contributed by atoms with van der Waals surface area (Å²) < 4.78 is 2.18. The maximum absolute atomic E-state index is 5.37. The maximum atomic E-state index is 5.37. The monoisotopic (exact) mass is 625 g/mol. The van der Waals surface area contributed by atoms with E-state index in [4.69, 9.17) is 4.98 Å². The zero-order valence-electron chi connectivity index (χ0n) is 24.9. The molecule has 0 amide bonds. The van der Waals surface area contributed by atoms with Gasteiger partial charge in [0.05, 0.1) is 16.1 Å². The third-order valence-corrected chi connectivity index (χ3v) is 12.2. The summed E-state index contributed by atoms with van der Waals surface area (Å²) >= 11 is 1.79. The van der Waals surface area contributed by atoms with Crippen molar-refractivity contribution in [3.05, 3.63) is 170 Å². The van der Waals surface area contributed by atoms with Gasteiger partial charge in [0.2, 0.25) is 0 Å². The molecular formula is C41H28N3PS. The van der Waals surface area contributed by atoms with Crippen LogP contribution in [-0.4, -0.2) is 9.55 Å². The molecule has 0 saturated heterocycles. The Bertz CT molecular complexity index is 2330. The number of fused-ring (bicyclic) bond motifs is 4. The zero-order chi connectivity index (χ0) is 30.5. The van der Waals surface area contributed by atoms with Crippen LogP contribution in [0.25, 0.3) is 27.5 Å². The van der Waals surface area contributed by atoms with Gasteiger partial charge in [0.15, 0.2) is 5.82 Å². The molecule has 5 heteroatoms. The predicted octanol–water partition coefficient (Wildman–Crippen LogP) is 9.87. The van der Waals surface area contributed by atoms with Gasteiger partial charge in [-0.2, -0.15) is 0 Å². The Morgan fingerprint density at radius 3 is 2.09 bits per heavy atom. The molecule has 1 aliphatic heterocycles. The van der Waals surface area contributed by atoms with Gasteiger partial charge in [0.25, 0.3) is 0 Å². The highest BCUT2D eigenvalue weighted by molar-refractivity contribution is 7.99. The summed E-state index contributed by atoms with van der Waals surface area (Å²) in [5, 5.41) is 7.75. The first-order valence-electron chi connectivity index (χ1n) is 15.4. The van der Waals surface area contributed by atoms with Gasteiger partial charge in [-0.1, -0.05) is 127 Å². The lowest BCUT2D eigenvalue weighted by molar-refractivity contribution is 0.999. The quantitative estimate of drug-likeness (QED) is 0.178. The predicted molar refractivity (Wildman–Crippen MR) is 196 cm³/mol. The highest BCUT2D eigenvalue weighted by atomic mass is 32.2. The molecular weight excluding hydrogens is 598 g/mol. The van der Waals surface area contributed by atoms with Crippen LogP contribution in [0.3, 0.4) is 0 Å². The molecule has 8 aromatic rings. The normalized spacial score (nSPS) is 12.4. The molecule has 2 aromatic heterocycles. The van der Waals surface area contributed by atoms with E-state index in [1.807, 2.05) is 0 Å². The molecule has 0 radical (unpaired) electrons. The van der Waals surface area contributed by atoms with Crippen molar-refractivity contribution >= 4 is 74.5 Å². The molecule has 0 bridgehead atoms. The topological polar surface area (TPSA) is 21.1 Å². The minimum Gasteiger partial charge on any atom is -0.301 e. The van der Waals surface area contributed by atoms with E-state index in [-0.39, 0.29) is 0 Å². The summed E-state index contributed by atoms with van der Waals surface area (Å²) in [5.41, 5.74) is 3.40. The lowest BCUT2D eigenvalue weighted by Crippen LogP contribution is -2.21. The first-order chi connectivity index (χ1) is 22.8. The van der Waals surface area contributed by atoms with Crippen molar-refractivity contribution in [2.24, 2.45) is 0 Å². The number of hydrogen-bond acceptors (Lipinski definition) is 3. The van der Waals surface area contributed by atoms with Crippen molar-refractivity contribution in [1.82, 2.24) is 9.55 Å². The number of para-hydroxylation sites is 2. The fraction of sp³-hybridized carbons (Fsp3) is 0. The van der Waals surface area contributed by atoms with E-state index in [1.54, 1.807) is 11.8 Å². The van der Waals surface area contributed by atoms with Gasteiger partial charge >= 0.3 is 0 Å². The van der Waals surface area contributed by atoms with Crippen LogP contribution in [0.15, 0.2) is 180 Å². The molecule has 0 atom stereocenters. The van der Waals surface area contributed by atoms with E-state index in [1.165, 1.54) is 37.0 Å². The maximum Gasteiger partial charge on any atom is 0.154 e. The highest BCUT2D eigenvalue weighted by Gasteiger charge is 2.28. The van der Waals surface area contributed by atoms with Crippen LogP contribution >= 0.6 is 19.7 Å². The van der Waals surface area contributed by atoms with Crippen molar-refractivity contribution in [1.29, 1.82) is 0 Å². The van der Waals surface area contributed by atoms with Gasteiger partial charge in [-0.3, -0.25) is 4.90 Å². The Balaban J connectivity index is 1.25. The minimum atomic E-state index is -0.769. The number of pyridine rings is 1. The first-order valence-corrected chi connectivity index (χ1v) is 17.6. The Kier molecular flexibility index (Phi) is 6.70. The molecule has 3 nitrogen and oxygen atoms in total. The van der Waals surface area contributed by atoms with Gasteiger partial charge in [-0.05, 0) is 88.5 Å². The summed E-state index contributed by atoms with van der Waals surface area (Å²) in [6.07, 6.45) is 2.12. The molecule has 1 aliphatic rings. The van der Waals surface area contributed by atoms with Crippen LogP contribution in [-0.2, 0) is 0 Å². The smallest absolute Gasteiger partial charge is 0.154 e. The average Bonchev–Trinajstić information content (AvgIpc) is 3.56. The Morgan fingerprint density at radius 2 is 1.26 bits per heavy atom. The van der Waals surface area contributed by atoms with Crippen LogP contribution in [0.2, 0.25) is 0 Å². The molecule has 46 heavy (non-hydrogen) atoms. The number of hydrogen-bond donors (Lipinski definition) is 0. The van der Waals surface area contributed by atoms with Crippen molar-refractivity contribution in [3.8, 4) is 5.82 Å². The summed E-state index contributed by atoms with van der Waals surface area (Å²) in [5.74, 6) is 1.85. The Labute approximate surface area is 273 Å². The van der Waals surface area contributed by atoms with Gasteiger partial charge < -0.3 is 4.57 Å². The van der Waals surface area contributed by atoms with Crippen LogP contribution in [0.4, 0.5) is 17.2 Å². The molecule has 0 aliphatic carbocycles. The Morgan fingerprint density at radius 1 is 0.543 bits per heavy atom. The van der Waals surface area contributed by atoms with Crippen LogP contribution in [0.5, 0.6) is 0 Å². The lowest BCUT2D eigenvalue weighted by atomic mass is 10.1. The van der Waals surface area contributed by atoms with Crippen LogP contribution in [0.1, 0.15) is 0 Å². The standard InChI is InChI=1S/C41H28N3PS/c1-3-14-32(15-4-1)45(33-16-5-2-6-17-33)37-20-11-13-29-22-23-31(28-34(29)37)44-36-19-9-10-21-38(36)46-39-24-25-40(42-41(39)44)43-27-26-30-12-7-8-18-35(30)43/h1-28H. The third kappa shape index (κ3) is 4.61. The number of benzene rings is 6. The van der Waals surface area contributed by atoms with Crippen molar-refractivity contribution in [3.63, 3.8) is 0 Å². The molecule has 9 rings (SSSR count). The van der Waals surface area contributed by atoms with Crippen molar-refractivity contribution in [2.75, 3.05) is 4.90 Å². The largest absolute Gasteiger partial charge is 0.301 e. The summed E-state index contributed by atoms with van der Waals surface area (Å²) in [4.78, 5) is 10.1. The molecule has 6 aromatic carbocycles. The first kappa shape index (κ1) is 27.2. The fourth-order valence-electron chi connectivity index (χ4n) is 6.46. The summed E-state index contributed by atoms with van der Waals surface area (Å²) in [6.45, 7) is 0. The van der Waals surface area contributed by atoms with Gasteiger partial charge in [-0.25, -0.2) is 4.98 Å². The summed E-state index contributed by atoms with van der Waals surface area (Å²) in [7, 11) is -0.769. The van der Waals surface area contributed by atoms with E-state index in [2.05, 4.69) is 179 Å². The SMILES string of the molecule is c1ccc(P(c2ccccc2)c2cccc3ccc(N4c5ccccc5Sc5ccc(-n6ccc7ccccc76)nc54)cc23)cc1. The molecule has 218 valence electrons. The van der Waals surface area contributed by atoms with Gasteiger partial charge in [-0.15, -0.1) is 0 Å². The molecule has 0 saturated carbocycles. The number of aromatic nitrogens is 2. The van der Waals surface area contributed by atoms with Crippen LogP contribution in [0, 0.1) is 0 Å². The molecule has 0 N–H and O–H groups in total. The molecule has 3 heterocycles. The van der Waals surface area contributed by atoms with Crippen molar-refractivity contribution < 1.29 is 0 Å². The summed E-state index contributed by atoms with van der Waals surface area (Å²) in [6, 6.07) is 59.2. The molecule has 0 unspecified atom stereocenters. The average molecular weight is 626 g/mol. The van der Waals surface area contributed by atoms with Crippen molar-refractivity contribution in [2.45, 2.75) is 9.79 Å². The number of rotatable bonds is 5. The second kappa shape index (κ2) is 11.3.